The Labute approximate surface area is 224 Å². The maximum absolute atomic E-state index is 3.36. The van der Waals surface area contributed by atoms with Gasteiger partial charge in [0.2, 0.25) is 0 Å². The number of halogens is 2. The molecule has 2 aromatic carbocycles. The summed E-state index contributed by atoms with van der Waals surface area (Å²) in [5, 5.41) is 2.72. The van der Waals surface area contributed by atoms with Gasteiger partial charge in [-0.05, 0) is 19.1 Å². The molecule has 0 saturated carbocycles. The Morgan fingerprint density at radius 2 is 1.58 bits per heavy atom. The fourth-order valence-electron chi connectivity index (χ4n) is 3.34. The van der Waals surface area contributed by atoms with Gasteiger partial charge in [-0.25, -0.2) is 5.57 Å². The molecule has 1 aromatic heterocycles. The van der Waals surface area contributed by atoms with Crippen LogP contribution in [0.25, 0.3) is 21.2 Å². The second kappa shape index (κ2) is 16.3. The molecular formula is C26H34Cl2SSiZr-4. The van der Waals surface area contributed by atoms with Crippen LogP contribution in [-0.2, 0) is 23.3 Å². The van der Waals surface area contributed by atoms with Crippen LogP contribution in [0, 0.1) is 40.7 Å². The molecule has 170 valence electrons. The molecule has 0 bridgehead atoms. The molecule has 5 heteroatoms. The zero-order valence-electron chi connectivity index (χ0n) is 19.8. The number of thiophene rings is 1. The van der Waals surface area contributed by atoms with Crippen molar-refractivity contribution in [2.45, 2.75) is 41.5 Å². The molecule has 0 nitrogen and oxygen atoms in total. The van der Waals surface area contributed by atoms with E-state index in [-0.39, 0.29) is 39.7 Å². The average molecular weight is 569 g/mol. The molecular weight excluding hydrogens is 535 g/mol. The van der Waals surface area contributed by atoms with Gasteiger partial charge in [0.05, 0.1) is 0 Å². The normalized spacial score (nSPS) is 13.7. The van der Waals surface area contributed by atoms with Gasteiger partial charge in [-0.2, -0.15) is 17.2 Å². The zero-order chi connectivity index (χ0) is 20.1. The van der Waals surface area contributed by atoms with E-state index in [9.17, 15) is 0 Å². The Bertz CT molecular complexity index is 998. The van der Waals surface area contributed by atoms with Crippen molar-refractivity contribution < 1.29 is 23.3 Å². The number of aryl methyl sites for hydroxylation is 2. The summed E-state index contributed by atoms with van der Waals surface area (Å²) in [5.41, 5.74) is 6.95. The van der Waals surface area contributed by atoms with Gasteiger partial charge in [-0.3, -0.25) is 6.08 Å². The van der Waals surface area contributed by atoms with Crippen LogP contribution in [0.3, 0.4) is 0 Å². The predicted molar refractivity (Wildman–Crippen MR) is 145 cm³/mol. The second-order valence-corrected chi connectivity index (χ2v) is 8.34. The maximum atomic E-state index is 3.36. The second-order valence-electron chi connectivity index (χ2n) is 7.05. The van der Waals surface area contributed by atoms with Crippen LogP contribution in [0.4, 0.5) is 0 Å². The van der Waals surface area contributed by atoms with E-state index in [1.165, 1.54) is 71.7 Å². The molecule has 0 fully saturated rings. The van der Waals surface area contributed by atoms with Gasteiger partial charge in [0.1, 0.15) is 0 Å². The molecule has 1 aliphatic carbocycles. The van der Waals surface area contributed by atoms with E-state index in [0.29, 0.717) is 5.92 Å². The molecule has 1 aliphatic rings. The van der Waals surface area contributed by atoms with Crippen molar-refractivity contribution in [2.24, 2.45) is 5.92 Å². The van der Waals surface area contributed by atoms with Gasteiger partial charge in [-0.1, -0.05) is 45.2 Å². The van der Waals surface area contributed by atoms with Crippen LogP contribution < -0.4 is 0 Å². The summed E-state index contributed by atoms with van der Waals surface area (Å²) in [5.74, 6) is 0.560. The number of hydrogen-bond acceptors (Lipinski definition) is 1. The van der Waals surface area contributed by atoms with Crippen LogP contribution in [0.15, 0.2) is 59.2 Å². The van der Waals surface area contributed by atoms with Gasteiger partial charge < -0.3 is 14.9 Å². The fourth-order valence-corrected chi connectivity index (χ4v) is 4.25. The first kappa shape index (κ1) is 35.3. The van der Waals surface area contributed by atoms with E-state index in [1.54, 1.807) is 0 Å². The topological polar surface area (TPSA) is 0 Å². The summed E-state index contributed by atoms with van der Waals surface area (Å²) in [7, 11) is 0. The third-order valence-corrected chi connectivity index (χ3v) is 6.17. The Balaban J connectivity index is -0.000000460. The van der Waals surface area contributed by atoms with Crippen LogP contribution in [0.2, 0.25) is 0 Å². The van der Waals surface area contributed by atoms with E-state index >= 15 is 0 Å². The SMILES string of the molecule is CC1=[C-]C(C)C(C)=C1C.Cc1cc2c(-c3ccc(C)s3)cccc2[cH-]1.Cl.Cl.[CH3-].[CH3-].[Si]=[Zr]. The summed E-state index contributed by atoms with van der Waals surface area (Å²) >= 11 is 3.22. The number of benzene rings is 1. The van der Waals surface area contributed by atoms with E-state index in [0.717, 1.165) is 0 Å². The quantitative estimate of drug-likeness (QED) is 0.203. The Hall–Kier alpha value is -0.310. The van der Waals surface area contributed by atoms with Crippen LogP contribution >= 0.6 is 36.2 Å². The molecule has 1 atom stereocenters. The van der Waals surface area contributed by atoms with Crippen molar-refractivity contribution >= 4 is 53.8 Å². The minimum atomic E-state index is 0. The Morgan fingerprint density at radius 3 is 2.00 bits per heavy atom. The number of fused-ring (bicyclic) bond motifs is 1. The third kappa shape index (κ3) is 8.86. The Morgan fingerprint density at radius 1 is 0.968 bits per heavy atom. The van der Waals surface area contributed by atoms with Gasteiger partial charge in [0, 0.05) is 9.75 Å². The standard InChI is InChI=1S/C15H13S.C9H13.2CH3.2ClH.Si.Zr/c1-10-8-12-4-3-5-13(14(12)9-10)15-7-6-11(2)16-15;1-6-5-7(2)9(4)8(6)3;;;;;;/h3-9H,1-2H3;6H,1-4H3;2*1H3;2*1H;;/q4*-1;;;;. The molecule has 0 aliphatic heterocycles. The molecule has 0 amide bonds. The van der Waals surface area contributed by atoms with Crippen LogP contribution in [0.1, 0.15) is 38.1 Å². The predicted octanol–water partition coefficient (Wildman–Crippen LogP) is 8.99. The van der Waals surface area contributed by atoms with Crippen molar-refractivity contribution in [2.75, 3.05) is 0 Å². The van der Waals surface area contributed by atoms with Crippen molar-refractivity contribution in [1.29, 1.82) is 0 Å². The molecule has 1 heterocycles. The first-order chi connectivity index (χ1) is 12.9. The summed E-state index contributed by atoms with van der Waals surface area (Å²) in [6.45, 7) is 16.0. The summed E-state index contributed by atoms with van der Waals surface area (Å²) in [4.78, 5) is 2.74. The van der Waals surface area contributed by atoms with Gasteiger partial charge in [0.15, 0.2) is 0 Å². The first-order valence-electron chi connectivity index (χ1n) is 9.12. The van der Waals surface area contributed by atoms with E-state index < -0.39 is 0 Å². The van der Waals surface area contributed by atoms with Crippen LogP contribution in [0.5, 0.6) is 0 Å². The molecule has 0 spiro atoms. The summed E-state index contributed by atoms with van der Waals surface area (Å²) < 4.78 is 0. The van der Waals surface area contributed by atoms with E-state index in [4.69, 9.17) is 0 Å². The molecule has 3 aromatic rings. The molecule has 31 heavy (non-hydrogen) atoms. The Kier molecular flexibility index (Phi) is 18.6. The van der Waals surface area contributed by atoms with E-state index in [1.807, 2.05) is 11.3 Å². The van der Waals surface area contributed by atoms with Gasteiger partial charge in [-0.15, -0.1) is 77.6 Å². The van der Waals surface area contributed by atoms with Gasteiger partial charge in [0.25, 0.3) is 0 Å². The molecule has 2 radical (unpaired) electrons. The molecule has 1 unspecified atom stereocenters. The minimum absolute atomic E-state index is 0. The van der Waals surface area contributed by atoms with Crippen molar-refractivity contribution in [1.82, 2.24) is 0 Å². The van der Waals surface area contributed by atoms with Crippen molar-refractivity contribution in [3.8, 4) is 10.4 Å². The average Bonchev–Trinajstić information content (AvgIpc) is 3.31. The van der Waals surface area contributed by atoms with E-state index in [2.05, 4.69) is 97.0 Å². The zero-order valence-corrected chi connectivity index (χ0v) is 25.8. The molecule has 0 N–H and O–H groups in total. The first-order valence-corrected chi connectivity index (χ1v) is 14.1. The summed E-state index contributed by atoms with van der Waals surface area (Å²) in [6.07, 6.45) is 3.36. The number of allylic oxidation sites excluding steroid dienone is 4. The van der Waals surface area contributed by atoms with Crippen molar-refractivity contribution in [3.05, 3.63) is 90.6 Å². The molecule has 0 saturated heterocycles. The molecule has 4 rings (SSSR count). The van der Waals surface area contributed by atoms with Gasteiger partial charge >= 0.3 is 30.2 Å². The third-order valence-electron chi connectivity index (χ3n) is 5.14. The monoisotopic (exact) mass is 566 g/mol. The number of rotatable bonds is 1. The number of hydrogen-bond donors (Lipinski definition) is 0. The summed E-state index contributed by atoms with van der Waals surface area (Å²) in [6, 6.07) is 15.5. The fraction of sp³-hybridized carbons (Fsp3) is 0.269. The van der Waals surface area contributed by atoms with Crippen molar-refractivity contribution in [3.63, 3.8) is 0 Å². The van der Waals surface area contributed by atoms with Crippen LogP contribution in [-0.4, -0.2) is 6.88 Å².